The zero-order valence-corrected chi connectivity index (χ0v) is 18.9. The zero-order chi connectivity index (χ0) is 22.6. The number of nitrogens with zero attached hydrogens (tertiary/aromatic N) is 2. The van der Waals surface area contributed by atoms with Gasteiger partial charge in [0.2, 0.25) is 0 Å². The molecule has 0 bridgehead atoms. The van der Waals surface area contributed by atoms with Crippen molar-refractivity contribution in [2.24, 2.45) is 0 Å². The summed E-state index contributed by atoms with van der Waals surface area (Å²) in [6, 6.07) is 17.7. The van der Waals surface area contributed by atoms with Crippen molar-refractivity contribution in [2.75, 3.05) is 0 Å². The summed E-state index contributed by atoms with van der Waals surface area (Å²) in [5.41, 5.74) is -0.0556. The van der Waals surface area contributed by atoms with Crippen molar-refractivity contribution in [1.82, 2.24) is 9.13 Å². The van der Waals surface area contributed by atoms with Crippen LogP contribution in [0.4, 0.5) is 0 Å². The highest BCUT2D eigenvalue weighted by molar-refractivity contribution is 7.36. The smallest absolute Gasteiger partial charge is 0.268 e. The number of hydrogen-bond donors (Lipinski definition) is 0. The molecule has 0 aliphatic carbocycles. The molecule has 0 N–H and O–H groups in total. The molecule has 3 heterocycles. The van der Waals surface area contributed by atoms with Gasteiger partial charge < -0.3 is 0 Å². The van der Waals surface area contributed by atoms with Gasteiger partial charge in [-0.05, 0) is 25.0 Å². The van der Waals surface area contributed by atoms with Crippen molar-refractivity contribution in [2.45, 2.75) is 25.9 Å². The number of hydrogen-bond acceptors (Lipinski definition) is 6. The van der Waals surface area contributed by atoms with Gasteiger partial charge in [-0.25, -0.2) is 0 Å². The van der Waals surface area contributed by atoms with Crippen LogP contribution in [-0.2, 0) is 0 Å². The first kappa shape index (κ1) is 20.5. The van der Waals surface area contributed by atoms with Crippen molar-refractivity contribution >= 4 is 41.5 Å². The predicted octanol–water partition coefficient (Wildman–Crippen LogP) is 3.82. The zero-order valence-electron chi connectivity index (χ0n) is 17.3. The lowest BCUT2D eigenvalue weighted by atomic mass is 10.1. The molecular formula is C24H18N2O4S2. The number of rotatable bonds is 4. The van der Waals surface area contributed by atoms with Crippen LogP contribution in [0.25, 0.3) is 18.8 Å². The van der Waals surface area contributed by atoms with Gasteiger partial charge >= 0.3 is 0 Å². The van der Waals surface area contributed by atoms with Crippen molar-refractivity contribution < 1.29 is 0 Å². The maximum Gasteiger partial charge on any atom is 0.273 e. The molecule has 3 aromatic heterocycles. The summed E-state index contributed by atoms with van der Waals surface area (Å²) in [6.45, 7) is 3.58. The molecule has 0 saturated carbocycles. The molecule has 0 saturated heterocycles. The highest BCUT2D eigenvalue weighted by Crippen LogP contribution is 2.28. The molecule has 8 heteroatoms. The normalized spacial score (nSPS) is 13.6. The molecule has 5 aromatic rings. The van der Waals surface area contributed by atoms with Gasteiger partial charge in [0, 0.05) is 0 Å². The Bertz CT molecular complexity index is 1480. The van der Waals surface area contributed by atoms with Crippen LogP contribution in [0.2, 0.25) is 0 Å². The second-order valence-electron chi connectivity index (χ2n) is 7.65. The SMILES string of the molecule is CC(c1ccccc1)n1c(=O)c2sc3c(=O)n(C(C)c4ccccc4)c(=O)c3sc2c1=O. The van der Waals surface area contributed by atoms with Crippen LogP contribution in [0.5, 0.6) is 0 Å². The first-order valence-electron chi connectivity index (χ1n) is 10.1. The third-order valence-electron chi connectivity index (χ3n) is 5.81. The highest BCUT2D eigenvalue weighted by atomic mass is 32.1. The summed E-state index contributed by atoms with van der Waals surface area (Å²) in [5, 5.41) is 0. The molecule has 0 radical (unpaired) electrons. The summed E-state index contributed by atoms with van der Waals surface area (Å²) in [5.74, 6) is 0. The van der Waals surface area contributed by atoms with Crippen LogP contribution >= 0.6 is 22.7 Å². The monoisotopic (exact) mass is 462 g/mol. The van der Waals surface area contributed by atoms with Gasteiger partial charge in [-0.3, -0.25) is 28.3 Å². The van der Waals surface area contributed by atoms with Crippen molar-refractivity contribution in [3.8, 4) is 0 Å². The fraction of sp³-hybridized carbons (Fsp3) is 0.167. The van der Waals surface area contributed by atoms with Crippen LogP contribution in [0.1, 0.15) is 37.1 Å². The average Bonchev–Trinajstić information content (AvgIpc) is 3.22. The Morgan fingerprint density at radius 2 is 0.812 bits per heavy atom. The van der Waals surface area contributed by atoms with E-state index in [2.05, 4.69) is 0 Å². The summed E-state index contributed by atoms with van der Waals surface area (Å²) in [4.78, 5) is 52.6. The molecule has 2 aromatic carbocycles. The fourth-order valence-electron chi connectivity index (χ4n) is 4.04. The van der Waals surface area contributed by atoms with Crippen molar-refractivity contribution in [1.29, 1.82) is 0 Å². The lowest BCUT2D eigenvalue weighted by Gasteiger charge is -2.11. The minimum Gasteiger partial charge on any atom is -0.268 e. The van der Waals surface area contributed by atoms with Crippen LogP contribution in [0, 0.1) is 0 Å². The summed E-state index contributed by atoms with van der Waals surface area (Å²) in [7, 11) is 0. The third-order valence-corrected chi connectivity index (χ3v) is 8.40. The quantitative estimate of drug-likeness (QED) is 0.407. The van der Waals surface area contributed by atoms with E-state index in [-0.39, 0.29) is 18.8 Å². The Hall–Kier alpha value is -3.36. The number of fused-ring (bicyclic) bond motifs is 2. The lowest BCUT2D eigenvalue weighted by molar-refractivity contribution is 0.610. The molecule has 2 unspecified atom stereocenters. The van der Waals surface area contributed by atoms with E-state index in [9.17, 15) is 19.2 Å². The van der Waals surface area contributed by atoms with E-state index < -0.39 is 34.3 Å². The molecule has 0 spiro atoms. The van der Waals surface area contributed by atoms with E-state index in [1.807, 2.05) is 60.7 Å². The molecule has 6 nitrogen and oxygen atoms in total. The van der Waals surface area contributed by atoms with Crippen LogP contribution in [0.15, 0.2) is 79.8 Å². The maximum atomic E-state index is 13.2. The molecule has 5 rings (SSSR count). The van der Waals surface area contributed by atoms with Crippen LogP contribution < -0.4 is 22.2 Å². The minimum absolute atomic E-state index is 0.219. The Balaban J connectivity index is 1.75. The van der Waals surface area contributed by atoms with Gasteiger partial charge in [-0.15, -0.1) is 22.7 Å². The lowest BCUT2D eigenvalue weighted by Crippen LogP contribution is -2.29. The Morgan fingerprint density at radius 1 is 0.531 bits per heavy atom. The largest absolute Gasteiger partial charge is 0.273 e. The molecule has 0 aliphatic heterocycles. The highest BCUT2D eigenvalue weighted by Gasteiger charge is 2.25. The second-order valence-corrected chi connectivity index (χ2v) is 9.70. The average molecular weight is 463 g/mol. The van der Waals surface area contributed by atoms with E-state index in [1.165, 1.54) is 9.13 Å². The standard InChI is InChI=1S/C24H18N2O4S2/c1-13(15-9-5-3-6-10-15)25-21(27)17-18(22(25)28)32-20-19(31-17)23(29)26(24(20)30)14(2)16-11-7-4-8-12-16/h3-14H,1-2H3. The van der Waals surface area contributed by atoms with Gasteiger partial charge in [-0.1, -0.05) is 60.7 Å². The second kappa shape index (κ2) is 7.65. The minimum atomic E-state index is -0.459. The Kier molecular flexibility index (Phi) is 4.91. The fourth-order valence-corrected chi connectivity index (χ4v) is 6.41. The van der Waals surface area contributed by atoms with E-state index >= 15 is 0 Å². The number of aromatic nitrogens is 2. The third kappa shape index (κ3) is 2.98. The Labute approximate surface area is 189 Å². The topological polar surface area (TPSA) is 78.1 Å². The van der Waals surface area contributed by atoms with Crippen LogP contribution in [0.3, 0.4) is 0 Å². The first-order valence-corrected chi connectivity index (χ1v) is 11.7. The Morgan fingerprint density at radius 3 is 1.09 bits per heavy atom. The maximum absolute atomic E-state index is 13.2. The summed E-state index contributed by atoms with van der Waals surface area (Å²) in [6.07, 6.45) is 0. The molecule has 160 valence electrons. The molecule has 0 fully saturated rings. The predicted molar refractivity (Wildman–Crippen MR) is 130 cm³/mol. The molecule has 2 atom stereocenters. The molecule has 32 heavy (non-hydrogen) atoms. The van der Waals surface area contributed by atoms with Crippen LogP contribution in [-0.4, -0.2) is 9.13 Å². The van der Waals surface area contributed by atoms with Crippen molar-refractivity contribution in [3.63, 3.8) is 0 Å². The van der Waals surface area contributed by atoms with E-state index in [4.69, 9.17) is 0 Å². The van der Waals surface area contributed by atoms with E-state index in [0.29, 0.717) is 0 Å². The van der Waals surface area contributed by atoms with Gasteiger partial charge in [0.1, 0.15) is 18.8 Å². The first-order chi connectivity index (χ1) is 15.4. The summed E-state index contributed by atoms with van der Waals surface area (Å²) < 4.78 is 3.30. The summed E-state index contributed by atoms with van der Waals surface area (Å²) >= 11 is 1.89. The van der Waals surface area contributed by atoms with E-state index in [0.717, 1.165) is 33.8 Å². The molecule has 0 amide bonds. The molecular weight excluding hydrogens is 444 g/mol. The van der Waals surface area contributed by atoms with Gasteiger partial charge in [0.15, 0.2) is 0 Å². The van der Waals surface area contributed by atoms with Gasteiger partial charge in [0.25, 0.3) is 22.2 Å². The van der Waals surface area contributed by atoms with Gasteiger partial charge in [0.05, 0.1) is 12.1 Å². The van der Waals surface area contributed by atoms with E-state index in [1.54, 1.807) is 13.8 Å². The van der Waals surface area contributed by atoms with Crippen molar-refractivity contribution in [3.05, 3.63) is 113 Å². The molecule has 0 aliphatic rings. The van der Waals surface area contributed by atoms with Gasteiger partial charge in [-0.2, -0.15) is 0 Å². The number of benzene rings is 2.